The van der Waals surface area contributed by atoms with Crippen LogP contribution in [0.1, 0.15) is 6.92 Å². The first kappa shape index (κ1) is 7.68. The summed E-state index contributed by atoms with van der Waals surface area (Å²) in [6.07, 6.45) is 1.21. The molecule has 0 rings (SSSR count). The third kappa shape index (κ3) is 1.94. The number of aliphatic hydroxyl groups excluding tert-OH is 1. The Kier molecular flexibility index (Phi) is 2.44. The average molecular weight is 129 g/mol. The van der Waals surface area contributed by atoms with Crippen molar-refractivity contribution in [3.8, 4) is 0 Å². The van der Waals surface area contributed by atoms with E-state index in [2.05, 4.69) is 6.58 Å². The molecular formula is C5H7NO3. The molecule has 0 aromatic heterocycles. The molecule has 0 atom stereocenters. The van der Waals surface area contributed by atoms with Crippen molar-refractivity contribution in [3.63, 3.8) is 0 Å². The Balaban J connectivity index is 4.23. The van der Waals surface area contributed by atoms with Crippen LogP contribution < -0.4 is 0 Å². The fourth-order valence-electron chi connectivity index (χ4n) is 0.260. The largest absolute Gasteiger partial charge is 0.502 e. The van der Waals surface area contributed by atoms with Gasteiger partial charge < -0.3 is 5.11 Å². The molecule has 0 heterocycles. The fourth-order valence-corrected chi connectivity index (χ4v) is 0.260. The van der Waals surface area contributed by atoms with E-state index in [0.29, 0.717) is 0 Å². The summed E-state index contributed by atoms with van der Waals surface area (Å²) in [5, 5.41) is 18.4. The molecule has 0 aromatic rings. The van der Waals surface area contributed by atoms with E-state index in [1.165, 1.54) is 13.0 Å². The van der Waals surface area contributed by atoms with Crippen LogP contribution in [0.3, 0.4) is 0 Å². The summed E-state index contributed by atoms with van der Waals surface area (Å²) in [6.45, 7) is 4.50. The van der Waals surface area contributed by atoms with Gasteiger partial charge in [0.1, 0.15) is 0 Å². The SMILES string of the molecule is C=C(/C(O)=C\C)[N+](=O)[O-]. The van der Waals surface area contributed by atoms with Gasteiger partial charge in [-0.25, -0.2) is 0 Å². The van der Waals surface area contributed by atoms with E-state index in [1.807, 2.05) is 0 Å². The van der Waals surface area contributed by atoms with Gasteiger partial charge >= 0.3 is 5.70 Å². The lowest BCUT2D eigenvalue weighted by molar-refractivity contribution is -0.423. The summed E-state index contributed by atoms with van der Waals surface area (Å²) in [6, 6.07) is 0. The lowest BCUT2D eigenvalue weighted by Crippen LogP contribution is -1.98. The molecule has 0 bridgehead atoms. The van der Waals surface area contributed by atoms with E-state index >= 15 is 0 Å². The predicted octanol–water partition coefficient (Wildman–Crippen LogP) is 1.24. The minimum absolute atomic E-state index is 0.389. The number of hydrogen-bond acceptors (Lipinski definition) is 3. The quantitative estimate of drug-likeness (QED) is 0.264. The first-order valence-corrected chi connectivity index (χ1v) is 2.28. The molecule has 0 spiro atoms. The lowest BCUT2D eigenvalue weighted by Gasteiger charge is -1.90. The van der Waals surface area contributed by atoms with Crippen LogP contribution in [0, 0.1) is 10.1 Å². The molecule has 0 aromatic carbocycles. The third-order valence-corrected chi connectivity index (χ3v) is 0.789. The first-order chi connectivity index (χ1) is 4.09. The van der Waals surface area contributed by atoms with E-state index in [9.17, 15) is 10.1 Å². The minimum Gasteiger partial charge on any atom is -0.502 e. The van der Waals surface area contributed by atoms with Gasteiger partial charge in [-0.15, -0.1) is 0 Å². The number of allylic oxidation sites excluding steroid dienone is 1. The Hall–Kier alpha value is -1.32. The van der Waals surface area contributed by atoms with Crippen LogP contribution in [-0.2, 0) is 0 Å². The van der Waals surface area contributed by atoms with E-state index in [1.54, 1.807) is 0 Å². The maximum absolute atomic E-state index is 9.80. The smallest absolute Gasteiger partial charge is 0.303 e. The van der Waals surface area contributed by atoms with Crippen molar-refractivity contribution in [2.75, 3.05) is 0 Å². The summed E-state index contributed by atoms with van der Waals surface area (Å²) in [7, 11) is 0. The summed E-state index contributed by atoms with van der Waals surface area (Å²) >= 11 is 0. The van der Waals surface area contributed by atoms with Crippen LogP contribution >= 0.6 is 0 Å². The molecule has 50 valence electrons. The van der Waals surface area contributed by atoms with E-state index in [4.69, 9.17) is 5.11 Å². The molecule has 0 saturated carbocycles. The van der Waals surface area contributed by atoms with Gasteiger partial charge in [0.15, 0.2) is 5.76 Å². The van der Waals surface area contributed by atoms with Gasteiger partial charge in [-0.2, -0.15) is 0 Å². The minimum atomic E-state index is -0.741. The molecule has 0 amide bonds. The molecule has 4 nitrogen and oxygen atoms in total. The normalized spacial score (nSPS) is 11.0. The number of hydrogen-bond donors (Lipinski definition) is 1. The maximum Gasteiger partial charge on any atom is 0.303 e. The van der Waals surface area contributed by atoms with Crippen molar-refractivity contribution in [1.29, 1.82) is 0 Å². The Labute approximate surface area is 52.3 Å². The van der Waals surface area contributed by atoms with Crippen molar-refractivity contribution >= 4 is 0 Å². The summed E-state index contributed by atoms with van der Waals surface area (Å²) in [5.41, 5.74) is -0.475. The highest BCUT2D eigenvalue weighted by Gasteiger charge is 2.09. The first-order valence-electron chi connectivity index (χ1n) is 2.28. The second-order valence-electron chi connectivity index (χ2n) is 1.38. The Morgan fingerprint density at radius 1 is 1.89 bits per heavy atom. The van der Waals surface area contributed by atoms with Crippen LogP contribution in [0.25, 0.3) is 0 Å². The van der Waals surface area contributed by atoms with E-state index in [0.717, 1.165) is 0 Å². The highest BCUT2D eigenvalue weighted by atomic mass is 16.6. The molecule has 4 heteroatoms. The van der Waals surface area contributed by atoms with Crippen LogP contribution in [0.4, 0.5) is 0 Å². The van der Waals surface area contributed by atoms with E-state index < -0.39 is 10.6 Å². The van der Waals surface area contributed by atoms with Gasteiger partial charge in [0.2, 0.25) is 0 Å². The number of nitrogens with zero attached hydrogens (tertiary/aromatic N) is 1. The second kappa shape index (κ2) is 2.86. The molecule has 0 aliphatic rings. The monoisotopic (exact) mass is 129 g/mol. The van der Waals surface area contributed by atoms with Crippen LogP contribution in [0.5, 0.6) is 0 Å². The van der Waals surface area contributed by atoms with Crippen LogP contribution in [0.15, 0.2) is 24.1 Å². The number of aliphatic hydroxyl groups is 1. The van der Waals surface area contributed by atoms with Crippen molar-refractivity contribution < 1.29 is 10.0 Å². The van der Waals surface area contributed by atoms with Gasteiger partial charge in [-0.1, -0.05) is 0 Å². The molecule has 0 aliphatic carbocycles. The summed E-state index contributed by atoms with van der Waals surface area (Å²) in [5.74, 6) is -0.389. The molecule has 9 heavy (non-hydrogen) atoms. The second-order valence-corrected chi connectivity index (χ2v) is 1.38. The average Bonchev–Trinajstić information content (AvgIpc) is 1.84. The zero-order valence-electron chi connectivity index (χ0n) is 5.00. The molecular weight excluding hydrogens is 122 g/mol. The molecule has 0 saturated heterocycles. The van der Waals surface area contributed by atoms with Crippen LogP contribution in [0.2, 0.25) is 0 Å². The van der Waals surface area contributed by atoms with Gasteiger partial charge in [-0.3, -0.25) is 10.1 Å². The topological polar surface area (TPSA) is 63.4 Å². The molecule has 0 fully saturated rings. The van der Waals surface area contributed by atoms with E-state index in [-0.39, 0.29) is 5.76 Å². The zero-order chi connectivity index (χ0) is 7.44. The highest BCUT2D eigenvalue weighted by Crippen LogP contribution is 2.02. The Morgan fingerprint density at radius 3 is 2.44 bits per heavy atom. The molecule has 0 aliphatic heterocycles. The summed E-state index contributed by atoms with van der Waals surface area (Å²) < 4.78 is 0. The standard InChI is InChI=1S/C5H7NO3/c1-3-5(7)4(2)6(8)9/h3,7H,2H2,1H3/b5-3+. The van der Waals surface area contributed by atoms with Crippen molar-refractivity contribution in [2.24, 2.45) is 0 Å². The third-order valence-electron chi connectivity index (χ3n) is 0.789. The number of rotatable bonds is 2. The van der Waals surface area contributed by atoms with Crippen LogP contribution in [-0.4, -0.2) is 10.0 Å². The fraction of sp³-hybridized carbons (Fsp3) is 0.200. The molecule has 0 unspecified atom stereocenters. The van der Waals surface area contributed by atoms with Gasteiger partial charge in [0, 0.05) is 0 Å². The lowest BCUT2D eigenvalue weighted by atomic mass is 10.4. The van der Waals surface area contributed by atoms with Gasteiger partial charge in [-0.05, 0) is 19.6 Å². The maximum atomic E-state index is 9.80. The molecule has 1 N–H and O–H groups in total. The van der Waals surface area contributed by atoms with Gasteiger partial charge in [0.05, 0.1) is 4.92 Å². The summed E-state index contributed by atoms with van der Waals surface area (Å²) in [4.78, 5) is 9.06. The van der Waals surface area contributed by atoms with Crippen molar-refractivity contribution in [2.45, 2.75) is 6.92 Å². The predicted molar refractivity (Wildman–Crippen MR) is 32.5 cm³/mol. The Morgan fingerprint density at radius 2 is 2.33 bits per heavy atom. The molecule has 0 radical (unpaired) electrons. The highest BCUT2D eigenvalue weighted by molar-refractivity contribution is 5.12. The zero-order valence-corrected chi connectivity index (χ0v) is 5.00. The van der Waals surface area contributed by atoms with Crippen molar-refractivity contribution in [1.82, 2.24) is 0 Å². The van der Waals surface area contributed by atoms with Crippen molar-refractivity contribution in [3.05, 3.63) is 34.2 Å². The number of nitro groups is 1. The Bertz CT molecular complexity index is 171. The van der Waals surface area contributed by atoms with Gasteiger partial charge in [0.25, 0.3) is 0 Å².